The minimum Gasteiger partial charge on any atom is -0.481 e. The number of guanidine groups is 1. The van der Waals surface area contributed by atoms with Crippen LogP contribution in [0.2, 0.25) is 0 Å². The number of carbonyl (C=O) groups is 5. The first-order valence-corrected chi connectivity index (χ1v) is 11.5. The molecule has 14 nitrogen and oxygen atoms in total. The van der Waals surface area contributed by atoms with Gasteiger partial charge in [0.05, 0.1) is 12.6 Å². The van der Waals surface area contributed by atoms with Crippen LogP contribution in [-0.2, 0) is 24.0 Å². The highest BCUT2D eigenvalue weighted by Crippen LogP contribution is 2.03. The molecule has 0 fully saturated rings. The van der Waals surface area contributed by atoms with Crippen LogP contribution in [-0.4, -0.2) is 89.1 Å². The van der Waals surface area contributed by atoms with Gasteiger partial charge < -0.3 is 43.4 Å². The minimum atomic E-state index is -1.19. The Kier molecular flexibility index (Phi) is 15.0. The van der Waals surface area contributed by atoms with Crippen LogP contribution < -0.4 is 33.2 Å². The number of amides is 3. The van der Waals surface area contributed by atoms with Crippen molar-refractivity contribution in [3.05, 3.63) is 0 Å². The second kappa shape index (κ2) is 16.5. The number of aliphatic carboxylic acids is 2. The zero-order valence-corrected chi connectivity index (χ0v) is 19.2. The maximum atomic E-state index is 12.5. The Morgan fingerprint density at radius 2 is 1.64 bits per heavy atom. The Bertz CT molecular complexity index is 716. The third-order valence-corrected chi connectivity index (χ3v) is 4.90. The van der Waals surface area contributed by atoms with E-state index in [0.717, 1.165) is 0 Å². The number of nitrogens with one attached hydrogen (secondary N) is 3. The van der Waals surface area contributed by atoms with Gasteiger partial charge in [-0.2, -0.15) is 11.8 Å². The van der Waals surface area contributed by atoms with Gasteiger partial charge in [-0.05, 0) is 37.7 Å². The Labute approximate surface area is 195 Å². The maximum Gasteiger partial charge on any atom is 0.326 e. The fourth-order valence-corrected chi connectivity index (χ4v) is 2.96. The Morgan fingerprint density at radius 3 is 2.18 bits per heavy atom. The van der Waals surface area contributed by atoms with Gasteiger partial charge in [-0.15, -0.1) is 0 Å². The number of rotatable bonds is 17. The van der Waals surface area contributed by atoms with Crippen molar-refractivity contribution in [1.82, 2.24) is 16.0 Å². The Hall–Kier alpha value is -3.07. The number of hydrogen-bond acceptors (Lipinski definition) is 8. The maximum absolute atomic E-state index is 12.5. The largest absolute Gasteiger partial charge is 0.481 e. The van der Waals surface area contributed by atoms with Gasteiger partial charge in [-0.3, -0.25) is 24.2 Å². The lowest BCUT2D eigenvalue weighted by atomic mass is 10.1. The van der Waals surface area contributed by atoms with Crippen molar-refractivity contribution in [2.24, 2.45) is 22.2 Å². The highest BCUT2D eigenvalue weighted by Gasteiger charge is 2.25. The van der Waals surface area contributed by atoms with Crippen molar-refractivity contribution in [1.29, 1.82) is 0 Å². The number of nitrogens with two attached hydrogens (primary N) is 3. The van der Waals surface area contributed by atoms with E-state index in [2.05, 4.69) is 20.9 Å². The van der Waals surface area contributed by atoms with E-state index >= 15 is 0 Å². The molecule has 0 heterocycles. The number of hydrogen-bond donors (Lipinski definition) is 8. The van der Waals surface area contributed by atoms with Crippen molar-refractivity contribution in [3.63, 3.8) is 0 Å². The molecule has 3 amide bonds. The lowest BCUT2D eigenvalue weighted by Gasteiger charge is -2.21. The zero-order chi connectivity index (χ0) is 25.4. The van der Waals surface area contributed by atoms with Crippen molar-refractivity contribution in [2.45, 2.75) is 50.2 Å². The summed E-state index contributed by atoms with van der Waals surface area (Å²) in [6.07, 6.45) is 1.98. The first kappa shape index (κ1) is 29.9. The average molecular weight is 492 g/mol. The molecule has 0 aromatic heterocycles. The topological polar surface area (TPSA) is 252 Å². The summed E-state index contributed by atoms with van der Waals surface area (Å²) in [5.74, 6) is -4.06. The van der Waals surface area contributed by atoms with Crippen LogP contribution in [0.1, 0.15) is 32.1 Å². The van der Waals surface area contributed by atoms with Gasteiger partial charge in [-0.25, -0.2) is 4.79 Å². The second-order valence-electron chi connectivity index (χ2n) is 7.01. The van der Waals surface area contributed by atoms with E-state index in [1.807, 2.05) is 0 Å². The molecule has 0 aliphatic carbocycles. The smallest absolute Gasteiger partial charge is 0.326 e. The summed E-state index contributed by atoms with van der Waals surface area (Å²) >= 11 is 1.43. The summed E-state index contributed by atoms with van der Waals surface area (Å²) in [6, 6.07) is -3.34. The molecule has 0 aliphatic heterocycles. The van der Waals surface area contributed by atoms with Crippen LogP contribution in [0.5, 0.6) is 0 Å². The number of carbonyl (C=O) groups excluding carboxylic acids is 3. The van der Waals surface area contributed by atoms with Crippen LogP contribution in [0.3, 0.4) is 0 Å². The van der Waals surface area contributed by atoms with Crippen molar-refractivity contribution in [3.8, 4) is 0 Å². The zero-order valence-electron chi connectivity index (χ0n) is 18.4. The van der Waals surface area contributed by atoms with Crippen LogP contribution >= 0.6 is 11.8 Å². The molecule has 0 aliphatic rings. The molecule has 0 bridgehead atoms. The molecule has 0 saturated heterocycles. The van der Waals surface area contributed by atoms with Crippen LogP contribution in [0.4, 0.5) is 0 Å². The fourth-order valence-electron chi connectivity index (χ4n) is 2.49. The van der Waals surface area contributed by atoms with Gasteiger partial charge in [0, 0.05) is 13.0 Å². The van der Waals surface area contributed by atoms with Crippen LogP contribution in [0.15, 0.2) is 4.99 Å². The summed E-state index contributed by atoms with van der Waals surface area (Å²) < 4.78 is 0. The van der Waals surface area contributed by atoms with Gasteiger partial charge in [-0.1, -0.05) is 0 Å². The number of thioether (sulfide) groups is 1. The highest BCUT2D eigenvalue weighted by atomic mass is 32.2. The number of carboxylic acids is 2. The number of nitrogens with zero attached hydrogens (tertiary/aromatic N) is 1. The number of carboxylic acid groups (broad SMARTS) is 2. The van der Waals surface area contributed by atoms with E-state index < -0.39 is 54.3 Å². The monoisotopic (exact) mass is 491 g/mol. The summed E-state index contributed by atoms with van der Waals surface area (Å²) in [5, 5.41) is 25.0. The molecule has 33 heavy (non-hydrogen) atoms. The Morgan fingerprint density at radius 1 is 0.970 bits per heavy atom. The van der Waals surface area contributed by atoms with Gasteiger partial charge in [0.2, 0.25) is 17.7 Å². The van der Waals surface area contributed by atoms with Crippen molar-refractivity contribution >= 4 is 47.4 Å². The molecule has 0 spiro atoms. The van der Waals surface area contributed by atoms with Gasteiger partial charge in [0.1, 0.15) is 12.1 Å². The van der Waals surface area contributed by atoms with E-state index in [9.17, 15) is 24.0 Å². The van der Waals surface area contributed by atoms with E-state index in [4.69, 9.17) is 27.4 Å². The first-order valence-electron chi connectivity index (χ1n) is 10.1. The molecule has 188 valence electrons. The molecule has 0 aromatic rings. The molecular weight excluding hydrogens is 458 g/mol. The van der Waals surface area contributed by atoms with Gasteiger partial charge in [0.25, 0.3) is 0 Å². The van der Waals surface area contributed by atoms with E-state index in [1.54, 1.807) is 6.26 Å². The summed E-state index contributed by atoms with van der Waals surface area (Å²) in [7, 11) is 0. The van der Waals surface area contributed by atoms with Crippen LogP contribution in [0, 0.1) is 0 Å². The summed E-state index contributed by atoms with van der Waals surface area (Å²) in [4.78, 5) is 62.5. The predicted molar refractivity (Wildman–Crippen MR) is 122 cm³/mol. The van der Waals surface area contributed by atoms with Crippen molar-refractivity contribution in [2.75, 3.05) is 25.1 Å². The van der Waals surface area contributed by atoms with Crippen molar-refractivity contribution < 1.29 is 34.2 Å². The average Bonchev–Trinajstić information content (AvgIpc) is 2.74. The predicted octanol–water partition coefficient (Wildman–Crippen LogP) is -2.84. The second-order valence-corrected chi connectivity index (χ2v) is 7.99. The third kappa shape index (κ3) is 14.6. The molecule has 0 saturated carbocycles. The standard InChI is InChI=1S/C18H33N7O7S/c1-33-8-6-12(17(31)32)24-13(26)9-23-16(30)11(3-2-7-22-18(20)21)25-15(29)10(19)4-5-14(27)28/h10-12H,2-9,19H2,1H3,(H,23,30)(H,24,26)(H,25,29)(H,27,28)(H,31,32)(H4,20,21,22). The quantitative estimate of drug-likeness (QED) is 0.0584. The lowest BCUT2D eigenvalue weighted by molar-refractivity contribution is -0.142. The van der Waals surface area contributed by atoms with E-state index in [-0.39, 0.29) is 38.2 Å². The lowest BCUT2D eigenvalue weighted by Crippen LogP contribution is -2.53. The molecule has 15 heteroatoms. The minimum absolute atomic E-state index is 0.104. The van der Waals surface area contributed by atoms with Gasteiger partial charge in [0.15, 0.2) is 5.96 Å². The molecule has 3 unspecified atom stereocenters. The third-order valence-electron chi connectivity index (χ3n) is 4.25. The molecule has 0 rings (SSSR count). The van der Waals surface area contributed by atoms with Gasteiger partial charge >= 0.3 is 11.9 Å². The molecular formula is C18H33N7O7S. The normalized spacial score (nSPS) is 13.2. The molecule has 0 aromatic carbocycles. The summed E-state index contributed by atoms with van der Waals surface area (Å²) in [6.45, 7) is -0.323. The Balaban J connectivity index is 4.96. The highest BCUT2D eigenvalue weighted by molar-refractivity contribution is 7.98. The molecule has 3 atom stereocenters. The molecule has 11 N–H and O–H groups in total. The summed E-state index contributed by atoms with van der Waals surface area (Å²) in [5.41, 5.74) is 16.2. The SMILES string of the molecule is CSCCC(NC(=O)CNC(=O)C(CCCN=C(N)N)NC(=O)C(N)CCC(=O)O)C(=O)O. The fraction of sp³-hybridized carbons (Fsp3) is 0.667. The van der Waals surface area contributed by atoms with E-state index in [0.29, 0.717) is 12.2 Å². The van der Waals surface area contributed by atoms with Crippen LogP contribution in [0.25, 0.3) is 0 Å². The number of aliphatic imine (C=N–C) groups is 1. The first-order chi connectivity index (χ1) is 15.5. The molecule has 0 radical (unpaired) electrons. The van der Waals surface area contributed by atoms with E-state index in [1.165, 1.54) is 11.8 Å².